The number of phenolic OH excluding ortho intramolecular Hbond substituents is 1. The molecule has 0 aliphatic carbocycles. The molecule has 2 heterocycles. The van der Waals surface area contributed by atoms with E-state index < -0.39 is 132 Å². The number of hydrogen-bond donors (Lipinski definition) is 15. The van der Waals surface area contributed by atoms with Crippen LogP contribution in [0.2, 0.25) is 10.0 Å². The van der Waals surface area contributed by atoms with Crippen LogP contribution in [0.5, 0.6) is 5.75 Å². The molecule has 105 heavy (non-hydrogen) atoms. The number of fused-ring (bicyclic) bond motifs is 1. The second-order valence-corrected chi connectivity index (χ2v) is 26.5. The van der Waals surface area contributed by atoms with Gasteiger partial charge in [0.2, 0.25) is 65.0 Å². The topological polar surface area (TPSA) is 446 Å². The molecular formula is C75H87Cl2N15O13. The smallest absolute Gasteiger partial charge is 0.245 e. The zero-order valence-corrected chi connectivity index (χ0v) is 59.3. The van der Waals surface area contributed by atoms with Crippen LogP contribution in [0.4, 0.5) is 0 Å². The van der Waals surface area contributed by atoms with E-state index >= 15 is 14.4 Å². The number of aromatic nitrogens is 1. The quantitative estimate of drug-likeness (QED) is 0.0151. The van der Waals surface area contributed by atoms with Gasteiger partial charge < -0.3 is 85.1 Å². The molecule has 8 rings (SSSR count). The van der Waals surface area contributed by atoms with Gasteiger partial charge >= 0.3 is 0 Å². The van der Waals surface area contributed by atoms with E-state index in [4.69, 9.17) is 40.4 Å². The summed E-state index contributed by atoms with van der Waals surface area (Å²) in [6.45, 7) is 1.75. The third kappa shape index (κ3) is 24.1. The Balaban J connectivity index is 1.07. The van der Waals surface area contributed by atoms with Gasteiger partial charge in [0, 0.05) is 85.7 Å². The minimum atomic E-state index is -1.84. The third-order valence-corrected chi connectivity index (χ3v) is 18.1. The summed E-state index contributed by atoms with van der Waals surface area (Å²) in [5.41, 5.74) is 20.6. The molecule has 0 unspecified atom stereocenters. The average Bonchev–Trinajstić information content (AvgIpc) is 1.67. The molecule has 11 amide bonds. The summed E-state index contributed by atoms with van der Waals surface area (Å²) < 4.78 is 0. The predicted molar refractivity (Wildman–Crippen MR) is 394 cm³/mol. The highest BCUT2D eigenvalue weighted by Gasteiger charge is 2.40. The number of hydrogen-bond acceptors (Lipinski definition) is 14. The largest absolute Gasteiger partial charge is 0.508 e. The van der Waals surface area contributed by atoms with Crippen molar-refractivity contribution in [2.75, 3.05) is 19.7 Å². The van der Waals surface area contributed by atoms with Gasteiger partial charge in [-0.25, -0.2) is 0 Å². The maximum absolute atomic E-state index is 15.2. The molecule has 30 heteroatoms. The van der Waals surface area contributed by atoms with Crippen LogP contribution in [0, 0.1) is 0 Å². The lowest BCUT2D eigenvalue weighted by atomic mass is 10.00. The summed E-state index contributed by atoms with van der Waals surface area (Å²) in [5.74, 6) is -9.34. The molecule has 0 radical (unpaired) electrons. The number of guanidine groups is 1. The van der Waals surface area contributed by atoms with Crippen molar-refractivity contribution >= 4 is 105 Å². The maximum Gasteiger partial charge on any atom is 0.245 e. The van der Waals surface area contributed by atoms with Crippen LogP contribution < -0.4 is 65.1 Å². The molecule has 7 aromatic rings. The molecule has 28 nitrogen and oxygen atoms in total. The molecule has 1 fully saturated rings. The Morgan fingerprint density at radius 3 is 1.33 bits per heavy atom. The van der Waals surface area contributed by atoms with Crippen LogP contribution in [0.3, 0.4) is 0 Å². The summed E-state index contributed by atoms with van der Waals surface area (Å²) >= 11 is 12.4. The minimum absolute atomic E-state index is 0.00237. The number of primary amides is 1. The van der Waals surface area contributed by atoms with Crippen LogP contribution in [-0.2, 0) is 91.3 Å². The number of aliphatic imine (C=N–C) groups is 1. The van der Waals surface area contributed by atoms with E-state index in [0.717, 1.165) is 0 Å². The number of aliphatic hydroxyl groups excluding tert-OH is 1. The summed E-state index contributed by atoms with van der Waals surface area (Å²) in [7, 11) is 0. The average molecular weight is 1480 g/mol. The number of nitrogens with two attached hydrogens (primary N) is 3. The molecule has 0 saturated carbocycles. The van der Waals surface area contributed by atoms with Crippen molar-refractivity contribution in [3.05, 3.63) is 207 Å². The number of likely N-dealkylation sites (tertiary alicyclic amines) is 1. The lowest BCUT2D eigenvalue weighted by molar-refractivity contribution is -0.142. The van der Waals surface area contributed by atoms with Crippen molar-refractivity contribution in [3.8, 4) is 5.75 Å². The molecule has 6 aromatic carbocycles. The Kier molecular flexibility index (Phi) is 29.3. The Labute approximate surface area is 616 Å². The predicted octanol–water partition coefficient (Wildman–Crippen LogP) is 1.86. The summed E-state index contributed by atoms with van der Waals surface area (Å²) in [4.78, 5) is 165. The lowest BCUT2D eigenvalue weighted by Gasteiger charge is -2.30. The number of H-pyrrole nitrogens is 1. The number of aliphatic hydroxyl groups is 1. The number of carbonyl (C=O) groups is 11. The number of carbonyl (C=O) groups excluding carboxylic acids is 11. The van der Waals surface area contributed by atoms with Crippen molar-refractivity contribution in [1.29, 1.82) is 0 Å². The third-order valence-electron chi connectivity index (χ3n) is 17.6. The van der Waals surface area contributed by atoms with Gasteiger partial charge in [0.05, 0.1) is 6.61 Å². The van der Waals surface area contributed by atoms with Crippen LogP contribution in [-0.4, -0.2) is 171 Å². The fourth-order valence-corrected chi connectivity index (χ4v) is 12.3. The first kappa shape index (κ1) is 79.3. The Morgan fingerprint density at radius 2 is 0.895 bits per heavy atom. The number of nitrogens with one attached hydrogen (secondary N) is 10. The lowest BCUT2D eigenvalue weighted by Crippen LogP contribution is -2.62. The molecule has 1 aliphatic rings. The van der Waals surface area contributed by atoms with Crippen LogP contribution >= 0.6 is 23.2 Å². The fraction of sp³-hybridized carbons (Fsp3) is 0.333. The van der Waals surface area contributed by atoms with Crippen molar-refractivity contribution in [1.82, 2.24) is 57.7 Å². The van der Waals surface area contributed by atoms with Gasteiger partial charge in [-0.2, -0.15) is 0 Å². The molecule has 0 spiro atoms. The van der Waals surface area contributed by atoms with E-state index in [0.29, 0.717) is 60.7 Å². The molecule has 1 saturated heterocycles. The van der Waals surface area contributed by atoms with E-state index in [-0.39, 0.29) is 82.6 Å². The van der Waals surface area contributed by atoms with E-state index in [2.05, 4.69) is 57.8 Å². The second-order valence-electron chi connectivity index (χ2n) is 25.6. The monoisotopic (exact) mass is 1480 g/mol. The van der Waals surface area contributed by atoms with E-state index in [1.54, 1.807) is 140 Å². The number of aromatic amines is 1. The molecular weight excluding hydrogens is 1390 g/mol. The first-order chi connectivity index (χ1) is 50.3. The van der Waals surface area contributed by atoms with Gasteiger partial charge in [0.15, 0.2) is 5.96 Å². The Hall–Kier alpha value is -11.4. The molecule has 18 N–H and O–H groups in total. The van der Waals surface area contributed by atoms with Gasteiger partial charge in [-0.3, -0.25) is 57.7 Å². The highest BCUT2D eigenvalue weighted by molar-refractivity contribution is 6.30. The first-order valence-electron chi connectivity index (χ1n) is 34.2. The molecule has 554 valence electrons. The van der Waals surface area contributed by atoms with Crippen LogP contribution in [0.25, 0.3) is 10.9 Å². The molecule has 1 aromatic heterocycles. The van der Waals surface area contributed by atoms with Gasteiger partial charge in [-0.1, -0.05) is 138 Å². The highest BCUT2D eigenvalue weighted by atomic mass is 35.5. The number of para-hydroxylation sites is 1. The molecule has 10 atom stereocenters. The molecule has 1 aliphatic heterocycles. The summed E-state index contributed by atoms with van der Waals surface area (Å²) in [6, 6.07) is 29.0. The van der Waals surface area contributed by atoms with Gasteiger partial charge in [-0.15, -0.1) is 0 Å². The summed E-state index contributed by atoms with van der Waals surface area (Å²) in [6.07, 6.45) is 1.39. The van der Waals surface area contributed by atoms with E-state index in [1.807, 2.05) is 0 Å². The maximum atomic E-state index is 15.2. The zero-order valence-electron chi connectivity index (χ0n) is 57.8. The highest BCUT2D eigenvalue weighted by Crippen LogP contribution is 2.23. The van der Waals surface area contributed by atoms with Crippen LogP contribution in [0.1, 0.15) is 72.9 Å². The van der Waals surface area contributed by atoms with Gasteiger partial charge in [-0.05, 0) is 108 Å². The normalized spacial score (nSPS) is 15.1. The molecule has 0 bridgehead atoms. The number of aromatic hydroxyl groups is 1. The Bertz CT molecular complexity index is 4210. The summed E-state index contributed by atoms with van der Waals surface area (Å²) in [5, 5.41) is 47.1. The fourth-order valence-electron chi connectivity index (χ4n) is 12.0. The van der Waals surface area contributed by atoms with Crippen molar-refractivity contribution < 1.29 is 63.0 Å². The van der Waals surface area contributed by atoms with Gasteiger partial charge in [0.1, 0.15) is 66.2 Å². The standard InChI is InChI=1S/C75H87Cl2N15O13/c1-43(65(78)96)83-73(104)64-20-12-34-92(64)74(105)56(19-11-33-81-75(79)80)85-67(98)58(35-45-13-5-3-6-14-45)87-68(99)59(36-46-15-7-4-8-16-46)88-69(100)61(39-49-25-31-53(95)32-26-49)89-72(103)63(42-93)91-71(102)62(40-50-41-82-55-18-10-9-17-54(50)55)90-70(101)60(38-48-23-29-52(77)30-24-48)86-66(97)57(84-44(2)94)37-47-21-27-51(76)28-22-47/h3-10,13-18,21-32,41,43,56-64,82,93,95H,11-12,19-20,33-40,42H2,1-2H3,(H2,78,96)(H,83,104)(H,84,94)(H,85,98)(H,86,97)(H,87,99)(H,88,100)(H,89,103)(H,90,101)(H,91,102)(H4,79,80,81)/t43-,56+,57-,58+,59-,60-,61+,62-,63+,64+/m1/s1. The van der Waals surface area contributed by atoms with Crippen molar-refractivity contribution in [2.24, 2.45) is 22.2 Å². The number of nitrogens with zero attached hydrogens (tertiary/aromatic N) is 2. The van der Waals surface area contributed by atoms with Crippen LogP contribution in [0.15, 0.2) is 169 Å². The Morgan fingerprint density at radius 1 is 0.505 bits per heavy atom. The number of rotatable bonds is 36. The number of amides is 11. The second kappa shape index (κ2) is 38.8. The van der Waals surface area contributed by atoms with E-state index in [9.17, 15) is 48.6 Å². The number of benzene rings is 6. The minimum Gasteiger partial charge on any atom is -0.508 e. The van der Waals surface area contributed by atoms with Crippen molar-refractivity contribution in [3.63, 3.8) is 0 Å². The number of phenols is 1. The van der Waals surface area contributed by atoms with E-state index in [1.165, 1.54) is 43.0 Å². The zero-order chi connectivity index (χ0) is 75.7. The van der Waals surface area contributed by atoms with Gasteiger partial charge in [0.25, 0.3) is 0 Å². The first-order valence-corrected chi connectivity index (χ1v) is 34.9. The van der Waals surface area contributed by atoms with Crippen molar-refractivity contribution in [2.45, 2.75) is 138 Å². The number of halogens is 2. The SMILES string of the molecule is CC(=O)N[C@H](Cc1ccc(Cl)cc1)C(=O)N[C@H](Cc1ccc(Cl)cc1)C(=O)N[C@H](Cc1c[nH]c2ccccc12)C(=O)N[C@@H](CO)C(=O)N[C@@H](Cc1ccc(O)cc1)C(=O)N[C@H](Cc1ccccc1)C(=O)N[C@@H](Cc1ccccc1)C(=O)N[C@@H](CCCN=C(N)N)C(=O)N1CCC[C@H]1C(=O)N[C@H](C)C(N)=O.